The van der Waals surface area contributed by atoms with Gasteiger partial charge in [0.25, 0.3) is 0 Å². The van der Waals surface area contributed by atoms with E-state index < -0.39 is 28.5 Å². The molecule has 1 N–H and O–H groups in total. The molecule has 0 aliphatic heterocycles. The molecule has 10 heteroatoms. The summed E-state index contributed by atoms with van der Waals surface area (Å²) >= 11 is 3.39. The summed E-state index contributed by atoms with van der Waals surface area (Å²) in [5.74, 6) is 0.0317. The quantitative estimate of drug-likeness (QED) is 0.460. The Kier molecular flexibility index (Phi) is 9.93. The SMILES string of the molecule is COc1ccc(N(CC(=O)N(Cc2ccc(Br)cc2)[C@@H](C)C(=O)NCC(C)C)S(C)(=O)=O)cc1. The molecule has 0 unspecified atom stereocenters. The first-order chi connectivity index (χ1) is 15.9. The van der Waals surface area contributed by atoms with Gasteiger partial charge in [0, 0.05) is 17.6 Å². The van der Waals surface area contributed by atoms with Gasteiger partial charge in [0.15, 0.2) is 0 Å². The molecule has 0 spiro atoms. The van der Waals surface area contributed by atoms with Crippen LogP contribution in [-0.4, -0.2) is 57.6 Å². The molecule has 0 heterocycles. The fraction of sp³-hybridized carbons (Fsp3) is 0.417. The Morgan fingerprint density at radius 1 is 1.03 bits per heavy atom. The topological polar surface area (TPSA) is 96.0 Å². The van der Waals surface area contributed by atoms with Crippen molar-refractivity contribution in [3.05, 3.63) is 58.6 Å². The second kappa shape index (κ2) is 12.2. The molecule has 2 rings (SSSR count). The van der Waals surface area contributed by atoms with Gasteiger partial charge in [0.05, 0.1) is 19.1 Å². The summed E-state index contributed by atoms with van der Waals surface area (Å²) in [5.41, 5.74) is 1.15. The number of ether oxygens (including phenoxy) is 1. The number of hydrogen-bond acceptors (Lipinski definition) is 5. The monoisotopic (exact) mass is 553 g/mol. The molecule has 1 atom stereocenters. The number of methoxy groups -OCH3 is 1. The molecule has 2 aromatic carbocycles. The number of carbonyl (C=O) groups is 2. The molecule has 2 aromatic rings. The minimum atomic E-state index is -3.77. The number of benzene rings is 2. The van der Waals surface area contributed by atoms with E-state index in [1.807, 2.05) is 38.1 Å². The summed E-state index contributed by atoms with van der Waals surface area (Å²) in [7, 11) is -2.26. The molecule has 0 bridgehead atoms. The van der Waals surface area contributed by atoms with Crippen LogP contribution in [-0.2, 0) is 26.2 Å². The molecule has 34 heavy (non-hydrogen) atoms. The smallest absolute Gasteiger partial charge is 0.244 e. The standard InChI is InChI=1S/C24H32BrN3O5S/c1-17(2)14-26-24(30)18(3)27(15-19-6-8-20(25)9-7-19)23(29)16-28(34(5,31)32)21-10-12-22(33-4)13-11-21/h6-13,17-18H,14-16H2,1-5H3,(H,26,30)/t18-/m0/s1. The van der Waals surface area contributed by atoms with Crippen molar-refractivity contribution in [1.29, 1.82) is 0 Å². The number of hydrogen-bond donors (Lipinski definition) is 1. The number of nitrogens with one attached hydrogen (secondary N) is 1. The number of halogens is 1. The third-order valence-electron chi connectivity index (χ3n) is 5.16. The fourth-order valence-electron chi connectivity index (χ4n) is 3.18. The molecule has 0 aromatic heterocycles. The average Bonchev–Trinajstić information content (AvgIpc) is 2.79. The molecule has 0 fully saturated rings. The summed E-state index contributed by atoms with van der Waals surface area (Å²) < 4.78 is 32.2. The van der Waals surface area contributed by atoms with E-state index in [0.29, 0.717) is 18.0 Å². The Morgan fingerprint density at radius 3 is 2.12 bits per heavy atom. The van der Waals surface area contributed by atoms with Gasteiger partial charge in [0.1, 0.15) is 18.3 Å². The maximum Gasteiger partial charge on any atom is 0.244 e. The van der Waals surface area contributed by atoms with E-state index in [2.05, 4.69) is 21.2 Å². The van der Waals surface area contributed by atoms with Crippen molar-refractivity contribution in [1.82, 2.24) is 10.2 Å². The molecule has 0 saturated heterocycles. The van der Waals surface area contributed by atoms with Crippen LogP contribution in [0.5, 0.6) is 5.75 Å². The van der Waals surface area contributed by atoms with Gasteiger partial charge in [-0.25, -0.2) is 8.42 Å². The lowest BCUT2D eigenvalue weighted by molar-refractivity contribution is -0.139. The first kappa shape index (κ1) is 27.7. The molecule has 0 radical (unpaired) electrons. The molecule has 8 nitrogen and oxygen atoms in total. The number of sulfonamides is 1. The van der Waals surface area contributed by atoms with Crippen molar-refractivity contribution in [3.63, 3.8) is 0 Å². The van der Waals surface area contributed by atoms with Crippen LogP contribution in [0.3, 0.4) is 0 Å². The number of nitrogens with zero attached hydrogens (tertiary/aromatic N) is 2. The van der Waals surface area contributed by atoms with E-state index in [9.17, 15) is 18.0 Å². The maximum absolute atomic E-state index is 13.5. The Labute approximate surface area is 210 Å². The highest BCUT2D eigenvalue weighted by molar-refractivity contribution is 9.10. The summed E-state index contributed by atoms with van der Waals surface area (Å²) in [5, 5.41) is 2.85. The van der Waals surface area contributed by atoms with Gasteiger partial charge in [-0.15, -0.1) is 0 Å². The lowest BCUT2D eigenvalue weighted by Crippen LogP contribution is -2.51. The molecular weight excluding hydrogens is 522 g/mol. The molecule has 2 amide bonds. The second-order valence-electron chi connectivity index (χ2n) is 8.43. The third kappa shape index (κ3) is 8.02. The van der Waals surface area contributed by atoms with Gasteiger partial charge in [0.2, 0.25) is 21.8 Å². The van der Waals surface area contributed by atoms with Crippen LogP contribution < -0.4 is 14.4 Å². The zero-order valence-electron chi connectivity index (χ0n) is 20.1. The Balaban J connectivity index is 2.34. The average molecular weight is 555 g/mol. The normalized spacial score (nSPS) is 12.2. The predicted molar refractivity (Wildman–Crippen MR) is 137 cm³/mol. The van der Waals surface area contributed by atoms with Crippen LogP contribution in [0.4, 0.5) is 5.69 Å². The zero-order valence-corrected chi connectivity index (χ0v) is 22.5. The van der Waals surface area contributed by atoms with E-state index in [1.165, 1.54) is 12.0 Å². The van der Waals surface area contributed by atoms with Crippen molar-refractivity contribution < 1.29 is 22.7 Å². The number of amides is 2. The Bertz CT molecular complexity index is 1070. The number of carbonyl (C=O) groups excluding carboxylic acids is 2. The van der Waals surface area contributed by atoms with Crippen molar-refractivity contribution in [2.75, 3.05) is 30.8 Å². The van der Waals surface area contributed by atoms with Crippen molar-refractivity contribution in [2.45, 2.75) is 33.4 Å². The maximum atomic E-state index is 13.5. The van der Waals surface area contributed by atoms with Gasteiger partial charge in [-0.1, -0.05) is 41.9 Å². The van der Waals surface area contributed by atoms with Gasteiger partial charge in [-0.2, -0.15) is 0 Å². The van der Waals surface area contributed by atoms with Gasteiger partial charge in [-0.05, 0) is 54.8 Å². The first-order valence-corrected chi connectivity index (χ1v) is 13.5. The third-order valence-corrected chi connectivity index (χ3v) is 6.83. The second-order valence-corrected chi connectivity index (χ2v) is 11.3. The van der Waals surface area contributed by atoms with Gasteiger partial charge in [-0.3, -0.25) is 13.9 Å². The summed E-state index contributed by atoms with van der Waals surface area (Å²) in [6.45, 7) is 5.80. The lowest BCUT2D eigenvalue weighted by atomic mass is 10.1. The zero-order chi connectivity index (χ0) is 25.5. The summed E-state index contributed by atoms with van der Waals surface area (Å²) in [4.78, 5) is 27.7. The van der Waals surface area contributed by atoms with Crippen LogP contribution >= 0.6 is 15.9 Å². The van der Waals surface area contributed by atoms with E-state index in [1.54, 1.807) is 31.2 Å². The minimum Gasteiger partial charge on any atom is -0.497 e. The minimum absolute atomic E-state index is 0.155. The molecular formula is C24H32BrN3O5S. The predicted octanol–water partition coefficient (Wildman–Crippen LogP) is 3.41. The fourth-order valence-corrected chi connectivity index (χ4v) is 4.30. The van der Waals surface area contributed by atoms with Crippen LogP contribution in [0, 0.1) is 5.92 Å². The van der Waals surface area contributed by atoms with Crippen molar-refractivity contribution >= 4 is 43.5 Å². The Hall–Kier alpha value is -2.59. The highest BCUT2D eigenvalue weighted by Gasteiger charge is 2.30. The van der Waals surface area contributed by atoms with Crippen LogP contribution in [0.2, 0.25) is 0 Å². The molecule has 186 valence electrons. The van der Waals surface area contributed by atoms with Crippen molar-refractivity contribution in [2.24, 2.45) is 5.92 Å². The van der Waals surface area contributed by atoms with Gasteiger partial charge >= 0.3 is 0 Å². The van der Waals surface area contributed by atoms with E-state index >= 15 is 0 Å². The van der Waals surface area contributed by atoms with E-state index in [-0.39, 0.29) is 18.4 Å². The number of rotatable bonds is 11. The highest BCUT2D eigenvalue weighted by Crippen LogP contribution is 2.22. The van der Waals surface area contributed by atoms with Crippen LogP contribution in [0.25, 0.3) is 0 Å². The number of anilines is 1. The molecule has 0 aliphatic carbocycles. The van der Waals surface area contributed by atoms with Gasteiger partial charge < -0.3 is 15.0 Å². The van der Waals surface area contributed by atoms with Crippen LogP contribution in [0.15, 0.2) is 53.0 Å². The molecule has 0 saturated carbocycles. The summed E-state index contributed by atoms with van der Waals surface area (Å²) in [6, 6.07) is 13.0. The van der Waals surface area contributed by atoms with Crippen molar-refractivity contribution in [3.8, 4) is 5.75 Å². The summed E-state index contributed by atoms with van der Waals surface area (Å²) in [6.07, 6.45) is 1.04. The van der Waals surface area contributed by atoms with E-state index in [0.717, 1.165) is 20.6 Å². The van der Waals surface area contributed by atoms with E-state index in [4.69, 9.17) is 4.74 Å². The first-order valence-electron chi connectivity index (χ1n) is 10.9. The largest absolute Gasteiger partial charge is 0.497 e. The Morgan fingerprint density at radius 2 is 1.62 bits per heavy atom. The molecule has 0 aliphatic rings. The highest BCUT2D eigenvalue weighted by atomic mass is 79.9. The van der Waals surface area contributed by atoms with Crippen LogP contribution in [0.1, 0.15) is 26.3 Å². The lowest BCUT2D eigenvalue weighted by Gasteiger charge is -2.31.